The Morgan fingerprint density at radius 1 is 1.31 bits per heavy atom. The number of sulfone groups is 1. The minimum absolute atomic E-state index is 0.0343. The van der Waals surface area contributed by atoms with E-state index in [9.17, 15) is 22.8 Å². The highest BCUT2D eigenvalue weighted by Gasteiger charge is 2.60. The van der Waals surface area contributed by atoms with Crippen LogP contribution in [0.2, 0.25) is 5.02 Å². The van der Waals surface area contributed by atoms with E-state index in [-0.39, 0.29) is 22.9 Å². The standard InChI is InChI=1S/C21H25ClFN3O5S/c1-20(2)21(24,19(27)26-28)18(9-10-25-20)32(29,30)16-7-5-15(6-8-16)31-12-13-3-4-14(23)11-17(13)22/h3-8,11,18,25,28H,9-10,12,24H2,1-2H3,(H,26,27). The first-order valence-corrected chi connectivity index (χ1v) is 11.7. The Labute approximate surface area is 190 Å². The largest absolute Gasteiger partial charge is 0.489 e. The van der Waals surface area contributed by atoms with Gasteiger partial charge in [0.15, 0.2) is 9.84 Å². The summed E-state index contributed by atoms with van der Waals surface area (Å²) in [6.07, 6.45) is 0.0804. The third-order valence-electron chi connectivity index (χ3n) is 5.93. The average Bonchev–Trinajstić information content (AvgIpc) is 2.74. The van der Waals surface area contributed by atoms with Crippen molar-refractivity contribution in [1.82, 2.24) is 10.8 Å². The molecule has 1 fully saturated rings. The molecule has 8 nitrogen and oxygen atoms in total. The van der Waals surface area contributed by atoms with Crippen molar-refractivity contribution < 1.29 is 27.5 Å². The van der Waals surface area contributed by atoms with E-state index in [4.69, 9.17) is 22.1 Å². The summed E-state index contributed by atoms with van der Waals surface area (Å²) in [5, 5.41) is 11.2. The molecule has 0 saturated carbocycles. The van der Waals surface area contributed by atoms with Crippen LogP contribution in [0.1, 0.15) is 25.8 Å². The van der Waals surface area contributed by atoms with E-state index in [1.165, 1.54) is 47.9 Å². The van der Waals surface area contributed by atoms with Gasteiger partial charge in [0.1, 0.15) is 23.7 Å². The van der Waals surface area contributed by atoms with Crippen LogP contribution in [0.3, 0.4) is 0 Å². The van der Waals surface area contributed by atoms with E-state index in [2.05, 4.69) is 5.32 Å². The summed E-state index contributed by atoms with van der Waals surface area (Å²) >= 11 is 5.99. The first-order chi connectivity index (χ1) is 14.9. The van der Waals surface area contributed by atoms with E-state index >= 15 is 0 Å². The van der Waals surface area contributed by atoms with Gasteiger partial charge in [-0.05, 0) is 63.2 Å². The van der Waals surface area contributed by atoms with E-state index in [0.717, 1.165) is 0 Å². The van der Waals surface area contributed by atoms with Crippen LogP contribution in [0, 0.1) is 5.82 Å². The molecule has 32 heavy (non-hydrogen) atoms. The van der Waals surface area contributed by atoms with E-state index < -0.39 is 37.9 Å². The van der Waals surface area contributed by atoms with Gasteiger partial charge in [-0.3, -0.25) is 10.0 Å². The number of hydroxylamine groups is 1. The highest BCUT2D eigenvalue weighted by atomic mass is 35.5. The zero-order chi connectivity index (χ0) is 23.7. The third kappa shape index (κ3) is 4.33. The Kier molecular flexibility index (Phi) is 6.83. The second-order valence-electron chi connectivity index (χ2n) is 8.18. The second kappa shape index (κ2) is 8.95. The SMILES string of the molecule is CC1(C)NCCC(S(=O)(=O)c2ccc(OCc3ccc(F)cc3Cl)cc2)C1(N)C(=O)NO. The Morgan fingerprint density at radius 2 is 1.97 bits per heavy atom. The highest BCUT2D eigenvalue weighted by Crippen LogP contribution is 2.36. The number of piperidine rings is 1. The van der Waals surface area contributed by atoms with Crippen molar-refractivity contribution in [2.24, 2.45) is 5.73 Å². The maximum atomic E-state index is 13.4. The van der Waals surface area contributed by atoms with Gasteiger partial charge in [-0.15, -0.1) is 0 Å². The molecule has 2 aromatic rings. The molecular formula is C21H25ClFN3O5S. The number of ether oxygens (including phenoxy) is 1. The molecule has 2 unspecified atom stereocenters. The van der Waals surface area contributed by atoms with Crippen LogP contribution in [0.15, 0.2) is 47.4 Å². The fourth-order valence-electron chi connectivity index (χ4n) is 3.90. The lowest BCUT2D eigenvalue weighted by Crippen LogP contribution is -2.79. The Bertz CT molecular complexity index is 1110. The maximum Gasteiger partial charge on any atom is 0.266 e. The summed E-state index contributed by atoms with van der Waals surface area (Å²) in [5.74, 6) is -1.07. The topological polar surface area (TPSA) is 131 Å². The lowest BCUT2D eigenvalue weighted by atomic mass is 9.73. The minimum Gasteiger partial charge on any atom is -0.489 e. The van der Waals surface area contributed by atoms with Crippen molar-refractivity contribution in [3.63, 3.8) is 0 Å². The molecule has 0 spiro atoms. The normalized spacial score (nSPS) is 22.9. The van der Waals surface area contributed by atoms with Crippen LogP contribution in [0.4, 0.5) is 4.39 Å². The monoisotopic (exact) mass is 485 g/mol. The number of nitrogens with one attached hydrogen (secondary N) is 2. The fourth-order valence-corrected chi connectivity index (χ4v) is 6.29. The Morgan fingerprint density at radius 3 is 2.56 bits per heavy atom. The van der Waals surface area contributed by atoms with Crippen molar-refractivity contribution in [3.8, 4) is 5.75 Å². The molecule has 0 bridgehead atoms. The molecule has 1 heterocycles. The molecule has 2 atom stereocenters. The van der Waals surface area contributed by atoms with Gasteiger partial charge in [0.2, 0.25) is 0 Å². The summed E-state index contributed by atoms with van der Waals surface area (Å²) in [6, 6.07) is 9.62. The summed E-state index contributed by atoms with van der Waals surface area (Å²) in [5.41, 5.74) is 5.41. The number of carbonyl (C=O) groups is 1. The predicted octanol–water partition coefficient (Wildman–Crippen LogP) is 2.18. The van der Waals surface area contributed by atoms with Gasteiger partial charge < -0.3 is 15.8 Å². The van der Waals surface area contributed by atoms with Gasteiger partial charge in [-0.2, -0.15) is 0 Å². The minimum atomic E-state index is -4.05. The van der Waals surface area contributed by atoms with Gasteiger partial charge in [0.05, 0.1) is 15.2 Å². The van der Waals surface area contributed by atoms with Crippen molar-refractivity contribution in [2.75, 3.05) is 6.54 Å². The molecule has 1 aliphatic heterocycles. The van der Waals surface area contributed by atoms with Gasteiger partial charge in [0.25, 0.3) is 5.91 Å². The number of hydrogen-bond donors (Lipinski definition) is 4. The molecule has 1 saturated heterocycles. The molecule has 0 radical (unpaired) electrons. The van der Waals surface area contributed by atoms with Crippen LogP contribution in [-0.2, 0) is 21.2 Å². The van der Waals surface area contributed by atoms with Crippen LogP contribution in [0.5, 0.6) is 5.75 Å². The first-order valence-electron chi connectivity index (χ1n) is 9.82. The number of benzene rings is 2. The highest BCUT2D eigenvalue weighted by molar-refractivity contribution is 7.92. The quantitative estimate of drug-likeness (QED) is 0.364. The van der Waals surface area contributed by atoms with E-state index in [0.29, 0.717) is 17.9 Å². The lowest BCUT2D eigenvalue weighted by molar-refractivity contribution is -0.138. The summed E-state index contributed by atoms with van der Waals surface area (Å²) in [4.78, 5) is 12.4. The van der Waals surface area contributed by atoms with Crippen LogP contribution in [0.25, 0.3) is 0 Å². The Balaban J connectivity index is 1.84. The maximum absolute atomic E-state index is 13.4. The number of rotatable bonds is 6. The number of amides is 1. The number of hydrogen-bond acceptors (Lipinski definition) is 7. The van der Waals surface area contributed by atoms with E-state index in [1.807, 2.05) is 0 Å². The van der Waals surface area contributed by atoms with Gasteiger partial charge in [0, 0.05) is 11.1 Å². The smallest absolute Gasteiger partial charge is 0.266 e. The summed E-state index contributed by atoms with van der Waals surface area (Å²) in [7, 11) is -4.05. The molecule has 5 N–H and O–H groups in total. The van der Waals surface area contributed by atoms with Crippen LogP contribution in [-0.4, -0.2) is 42.4 Å². The molecular weight excluding hydrogens is 461 g/mol. The number of nitrogens with two attached hydrogens (primary N) is 1. The number of carbonyl (C=O) groups excluding carboxylic acids is 1. The number of halogens is 2. The summed E-state index contributed by atoms with van der Waals surface area (Å²) < 4.78 is 45.6. The zero-order valence-corrected chi connectivity index (χ0v) is 19.1. The molecule has 0 aliphatic carbocycles. The zero-order valence-electron chi connectivity index (χ0n) is 17.6. The van der Waals surface area contributed by atoms with Crippen LogP contribution >= 0.6 is 11.6 Å². The molecule has 3 rings (SSSR count). The fraction of sp³-hybridized carbons (Fsp3) is 0.381. The second-order valence-corrected chi connectivity index (χ2v) is 10.7. The van der Waals surface area contributed by atoms with Crippen molar-refractivity contribution in [1.29, 1.82) is 0 Å². The van der Waals surface area contributed by atoms with Crippen molar-refractivity contribution in [2.45, 2.75) is 48.1 Å². The first kappa shape index (κ1) is 24.4. The lowest BCUT2D eigenvalue weighted by Gasteiger charge is -2.50. The molecule has 1 amide bonds. The predicted molar refractivity (Wildman–Crippen MR) is 117 cm³/mol. The summed E-state index contributed by atoms with van der Waals surface area (Å²) in [6.45, 7) is 3.62. The van der Waals surface area contributed by atoms with Gasteiger partial charge >= 0.3 is 0 Å². The third-order valence-corrected chi connectivity index (χ3v) is 8.57. The molecule has 174 valence electrons. The Hall–Kier alpha value is -2.24. The van der Waals surface area contributed by atoms with Gasteiger partial charge in [-0.25, -0.2) is 18.3 Å². The molecule has 1 aliphatic rings. The van der Waals surface area contributed by atoms with Crippen molar-refractivity contribution >= 4 is 27.3 Å². The molecule has 11 heteroatoms. The molecule has 0 aromatic heterocycles. The van der Waals surface area contributed by atoms with Crippen molar-refractivity contribution in [3.05, 3.63) is 58.9 Å². The van der Waals surface area contributed by atoms with Gasteiger partial charge in [-0.1, -0.05) is 17.7 Å². The van der Waals surface area contributed by atoms with E-state index in [1.54, 1.807) is 13.8 Å². The van der Waals surface area contributed by atoms with Crippen LogP contribution < -0.4 is 21.3 Å². The molecule has 2 aromatic carbocycles. The average molecular weight is 486 g/mol.